The number of imidazole rings is 1. The summed E-state index contributed by atoms with van der Waals surface area (Å²) in [4.78, 5) is 18.9. The van der Waals surface area contributed by atoms with E-state index in [2.05, 4.69) is 30.5 Å². The molecule has 9 nitrogen and oxygen atoms in total. The van der Waals surface area contributed by atoms with Gasteiger partial charge in [0.1, 0.15) is 5.82 Å². The number of ether oxygens (including phenoxy) is 1. The number of carbonyl (C=O) groups is 1. The number of rotatable bonds is 3. The Balaban J connectivity index is 1.63. The van der Waals surface area contributed by atoms with Crippen LogP contribution in [0.15, 0.2) is 36.7 Å². The summed E-state index contributed by atoms with van der Waals surface area (Å²) in [5.41, 5.74) is 0.943. The monoisotopic (exact) mass is 339 g/mol. The van der Waals surface area contributed by atoms with Gasteiger partial charge in [-0.1, -0.05) is 0 Å². The van der Waals surface area contributed by atoms with E-state index in [1.54, 1.807) is 22.8 Å². The van der Waals surface area contributed by atoms with Crippen molar-refractivity contribution in [1.82, 2.24) is 24.8 Å². The van der Waals surface area contributed by atoms with E-state index in [1.165, 1.54) is 6.20 Å². The maximum atomic E-state index is 12.5. The summed E-state index contributed by atoms with van der Waals surface area (Å²) in [7, 11) is 0. The molecule has 1 amide bonds. The lowest BCUT2D eigenvalue weighted by atomic mass is 10.3. The second kappa shape index (κ2) is 6.44. The molecule has 0 aromatic carbocycles. The number of nitrogens with zero attached hydrogens (tertiary/aromatic N) is 6. The largest absolute Gasteiger partial charge is 0.375 e. The summed E-state index contributed by atoms with van der Waals surface area (Å²) in [5, 5.41) is 14.9. The smallest absolute Gasteiger partial charge is 0.277 e. The topological polar surface area (TPSA) is 97.5 Å². The minimum absolute atomic E-state index is 0.147. The molecule has 4 heterocycles. The van der Waals surface area contributed by atoms with Crippen molar-refractivity contribution in [2.75, 3.05) is 29.9 Å². The minimum Gasteiger partial charge on any atom is -0.375 e. The molecule has 3 aromatic heterocycles. The summed E-state index contributed by atoms with van der Waals surface area (Å²) in [6.45, 7) is 4.21. The molecule has 0 saturated carbocycles. The first-order valence-corrected chi connectivity index (χ1v) is 8.01. The van der Waals surface area contributed by atoms with Crippen LogP contribution in [0.25, 0.3) is 5.65 Å². The van der Waals surface area contributed by atoms with E-state index >= 15 is 0 Å². The van der Waals surface area contributed by atoms with Crippen molar-refractivity contribution in [3.63, 3.8) is 0 Å². The Kier molecular flexibility index (Phi) is 3.98. The van der Waals surface area contributed by atoms with Gasteiger partial charge < -0.3 is 15.0 Å². The van der Waals surface area contributed by atoms with Crippen LogP contribution >= 0.6 is 0 Å². The number of aromatic nitrogens is 5. The number of amides is 1. The van der Waals surface area contributed by atoms with Gasteiger partial charge in [-0.05, 0) is 31.2 Å². The molecule has 1 N–H and O–H groups in total. The molecule has 0 aliphatic carbocycles. The summed E-state index contributed by atoms with van der Waals surface area (Å²) >= 11 is 0. The molecule has 1 fully saturated rings. The number of fused-ring (bicyclic) bond motifs is 1. The molecule has 0 radical (unpaired) electrons. The minimum atomic E-state index is -0.340. The third-order valence-corrected chi connectivity index (χ3v) is 3.96. The van der Waals surface area contributed by atoms with Gasteiger partial charge in [-0.15, -0.1) is 10.2 Å². The molecule has 0 unspecified atom stereocenters. The zero-order valence-corrected chi connectivity index (χ0v) is 13.7. The second-order valence-corrected chi connectivity index (χ2v) is 5.80. The van der Waals surface area contributed by atoms with Gasteiger partial charge in [-0.25, -0.2) is 9.50 Å². The fourth-order valence-corrected chi connectivity index (χ4v) is 2.76. The highest BCUT2D eigenvalue weighted by Crippen LogP contribution is 2.17. The molecule has 4 rings (SSSR count). The fourth-order valence-electron chi connectivity index (χ4n) is 2.76. The predicted molar refractivity (Wildman–Crippen MR) is 90.6 cm³/mol. The van der Waals surface area contributed by atoms with Gasteiger partial charge in [-0.2, -0.15) is 5.10 Å². The van der Waals surface area contributed by atoms with Crippen LogP contribution in [0.1, 0.15) is 17.4 Å². The Morgan fingerprint density at radius 2 is 2.28 bits per heavy atom. The number of carbonyl (C=O) groups excluding carboxylic acids is 1. The molecule has 1 aliphatic rings. The van der Waals surface area contributed by atoms with Gasteiger partial charge in [0.05, 0.1) is 18.9 Å². The number of nitrogens with one attached hydrogen (secondary N) is 1. The summed E-state index contributed by atoms with van der Waals surface area (Å²) < 4.78 is 7.11. The van der Waals surface area contributed by atoms with Gasteiger partial charge in [0.25, 0.3) is 5.91 Å². The van der Waals surface area contributed by atoms with E-state index in [1.807, 2.05) is 19.1 Å². The van der Waals surface area contributed by atoms with Crippen molar-refractivity contribution in [2.24, 2.45) is 0 Å². The Bertz CT molecular complexity index is 896. The van der Waals surface area contributed by atoms with Crippen molar-refractivity contribution < 1.29 is 9.53 Å². The zero-order chi connectivity index (χ0) is 17.2. The first-order valence-electron chi connectivity index (χ1n) is 8.01. The molecule has 3 aromatic rings. The van der Waals surface area contributed by atoms with Crippen molar-refractivity contribution in [3.05, 3.63) is 42.4 Å². The lowest BCUT2D eigenvalue weighted by Gasteiger charge is -2.31. The standard InChI is InChI=1S/C16H17N7O2/c1-11-10-22(7-8-25-11)15-5-4-14-17-9-12(23(14)21-15)16(24)19-13-3-2-6-18-20-13/h2-6,9,11H,7-8,10H2,1H3,(H,19,20,24)/t11-/m1/s1. The summed E-state index contributed by atoms with van der Waals surface area (Å²) in [6.07, 6.45) is 3.19. The fraction of sp³-hybridized carbons (Fsp3) is 0.312. The molecule has 1 saturated heterocycles. The van der Waals surface area contributed by atoms with Gasteiger partial charge in [0.15, 0.2) is 17.2 Å². The highest BCUT2D eigenvalue weighted by atomic mass is 16.5. The van der Waals surface area contributed by atoms with E-state index in [-0.39, 0.29) is 12.0 Å². The van der Waals surface area contributed by atoms with Crippen LogP contribution < -0.4 is 10.2 Å². The van der Waals surface area contributed by atoms with E-state index in [4.69, 9.17) is 4.74 Å². The van der Waals surface area contributed by atoms with Crippen molar-refractivity contribution >= 4 is 23.2 Å². The number of hydrogen-bond acceptors (Lipinski definition) is 7. The van der Waals surface area contributed by atoms with Gasteiger partial charge in [-0.3, -0.25) is 4.79 Å². The van der Waals surface area contributed by atoms with Gasteiger partial charge in [0.2, 0.25) is 0 Å². The molecule has 9 heteroatoms. The predicted octanol–water partition coefficient (Wildman–Crippen LogP) is 0.997. The maximum absolute atomic E-state index is 12.5. The van der Waals surface area contributed by atoms with Crippen molar-refractivity contribution in [1.29, 1.82) is 0 Å². The van der Waals surface area contributed by atoms with Gasteiger partial charge in [0, 0.05) is 19.3 Å². The highest BCUT2D eigenvalue weighted by Gasteiger charge is 2.20. The Hall–Kier alpha value is -3.07. The average molecular weight is 339 g/mol. The summed E-state index contributed by atoms with van der Waals surface area (Å²) in [5.74, 6) is 0.822. The third-order valence-electron chi connectivity index (χ3n) is 3.96. The molecule has 25 heavy (non-hydrogen) atoms. The van der Waals surface area contributed by atoms with E-state index in [0.717, 1.165) is 18.9 Å². The van der Waals surface area contributed by atoms with Crippen LogP contribution in [0.3, 0.4) is 0 Å². The third kappa shape index (κ3) is 3.13. The van der Waals surface area contributed by atoms with Crippen LogP contribution in [-0.2, 0) is 4.74 Å². The molecular weight excluding hydrogens is 322 g/mol. The SMILES string of the molecule is C[C@@H]1CN(c2ccc3ncc(C(=O)Nc4cccnn4)n3n2)CCO1. The van der Waals surface area contributed by atoms with Crippen molar-refractivity contribution in [3.8, 4) is 0 Å². The quantitative estimate of drug-likeness (QED) is 0.760. The number of hydrogen-bond donors (Lipinski definition) is 1. The zero-order valence-electron chi connectivity index (χ0n) is 13.7. The van der Waals surface area contributed by atoms with Gasteiger partial charge >= 0.3 is 0 Å². The lowest BCUT2D eigenvalue weighted by Crippen LogP contribution is -2.41. The maximum Gasteiger partial charge on any atom is 0.277 e. The molecule has 1 atom stereocenters. The normalized spacial score (nSPS) is 17.6. The number of anilines is 2. The molecule has 0 bridgehead atoms. The Morgan fingerprint density at radius 3 is 3.08 bits per heavy atom. The first kappa shape index (κ1) is 15.5. The molecule has 128 valence electrons. The Labute approximate surface area is 143 Å². The van der Waals surface area contributed by atoms with Crippen LogP contribution in [-0.4, -0.2) is 56.5 Å². The Morgan fingerprint density at radius 1 is 1.36 bits per heavy atom. The molecule has 1 aliphatic heterocycles. The lowest BCUT2D eigenvalue weighted by molar-refractivity contribution is 0.0528. The van der Waals surface area contributed by atoms with Crippen LogP contribution in [0, 0.1) is 0 Å². The van der Waals surface area contributed by atoms with Crippen LogP contribution in [0.2, 0.25) is 0 Å². The number of morpholine rings is 1. The van der Waals surface area contributed by atoms with Crippen molar-refractivity contribution in [2.45, 2.75) is 13.0 Å². The molecule has 0 spiro atoms. The van der Waals surface area contributed by atoms with E-state index in [9.17, 15) is 4.79 Å². The average Bonchev–Trinajstić information content (AvgIpc) is 3.06. The van der Waals surface area contributed by atoms with E-state index < -0.39 is 0 Å². The van der Waals surface area contributed by atoms with Crippen LogP contribution in [0.5, 0.6) is 0 Å². The first-order chi connectivity index (χ1) is 12.2. The van der Waals surface area contributed by atoms with E-state index in [0.29, 0.717) is 23.8 Å². The second-order valence-electron chi connectivity index (χ2n) is 5.80. The van der Waals surface area contributed by atoms with Crippen LogP contribution in [0.4, 0.5) is 11.6 Å². The summed E-state index contributed by atoms with van der Waals surface area (Å²) in [6, 6.07) is 7.13. The highest BCUT2D eigenvalue weighted by molar-refractivity contribution is 6.02. The molecular formula is C16H17N7O2.